The van der Waals surface area contributed by atoms with E-state index in [1.54, 1.807) is 23.8 Å². The molecule has 0 aliphatic carbocycles. The van der Waals surface area contributed by atoms with Gasteiger partial charge in [0.1, 0.15) is 18.3 Å². The van der Waals surface area contributed by atoms with E-state index in [2.05, 4.69) is 39.2 Å². The smallest absolute Gasteiger partial charge is 0.250 e. The largest absolute Gasteiger partial charge is 0.390 e. The Kier molecular flexibility index (Phi) is 10.0. The number of allylic oxidation sites excluding steroid dienone is 1. The van der Waals surface area contributed by atoms with Crippen molar-refractivity contribution in [2.24, 2.45) is 13.0 Å². The molecule has 5 N–H and O–H groups in total. The highest BCUT2D eigenvalue weighted by Crippen LogP contribution is 2.29. The van der Waals surface area contributed by atoms with Crippen LogP contribution in [0.1, 0.15) is 12.6 Å². The van der Waals surface area contributed by atoms with Crippen LogP contribution in [-0.4, -0.2) is 104 Å². The molecule has 2 aromatic carbocycles. The monoisotopic (exact) mass is 625 g/mol. The number of rotatable bonds is 10. The highest BCUT2D eigenvalue weighted by molar-refractivity contribution is 7.93. The van der Waals surface area contributed by atoms with Crippen LogP contribution >= 0.6 is 0 Å². The Morgan fingerprint density at radius 2 is 1.80 bits per heavy atom. The minimum absolute atomic E-state index is 0.441. The molecule has 3 aromatic rings. The SMILES string of the molecule is C[C@H]1C(O)O[C@H](CNS(=O)(=O)/C(C#N)=C/c2ccc(-c3ccc4cc(NCCN5CCOCC5)ccc4c3)n2C)[C@@H](O)[C@@H]1O. The van der Waals surface area contributed by atoms with E-state index in [0.29, 0.717) is 5.69 Å². The molecule has 2 fully saturated rings. The van der Waals surface area contributed by atoms with Gasteiger partial charge in [-0.05, 0) is 52.7 Å². The van der Waals surface area contributed by atoms with Gasteiger partial charge in [0.05, 0.1) is 19.3 Å². The van der Waals surface area contributed by atoms with Crippen molar-refractivity contribution in [1.82, 2.24) is 14.2 Å². The molecule has 0 radical (unpaired) electrons. The molecule has 1 aromatic heterocycles. The molecule has 2 aliphatic rings. The zero-order valence-corrected chi connectivity index (χ0v) is 25.6. The molecule has 44 heavy (non-hydrogen) atoms. The number of nitrogens with zero attached hydrogens (tertiary/aromatic N) is 3. The summed E-state index contributed by atoms with van der Waals surface area (Å²) < 4.78 is 40.7. The lowest BCUT2D eigenvalue weighted by Gasteiger charge is -2.39. The predicted molar refractivity (Wildman–Crippen MR) is 167 cm³/mol. The highest BCUT2D eigenvalue weighted by Gasteiger charge is 2.41. The van der Waals surface area contributed by atoms with Crippen LogP contribution in [0.2, 0.25) is 0 Å². The van der Waals surface area contributed by atoms with Crippen molar-refractivity contribution >= 4 is 32.6 Å². The van der Waals surface area contributed by atoms with Crippen LogP contribution in [0.15, 0.2) is 53.4 Å². The molecule has 3 heterocycles. The first-order valence-electron chi connectivity index (χ1n) is 14.6. The van der Waals surface area contributed by atoms with Gasteiger partial charge in [-0.1, -0.05) is 25.1 Å². The summed E-state index contributed by atoms with van der Waals surface area (Å²) in [6, 6.07) is 17.7. The summed E-state index contributed by atoms with van der Waals surface area (Å²) >= 11 is 0. The normalized spacial score (nSPS) is 25.2. The molecular weight excluding hydrogens is 586 g/mol. The van der Waals surface area contributed by atoms with Crippen LogP contribution in [0.4, 0.5) is 5.69 Å². The quantitative estimate of drug-likeness (QED) is 0.208. The van der Waals surface area contributed by atoms with Crippen LogP contribution in [0.5, 0.6) is 0 Å². The Morgan fingerprint density at radius 1 is 1.07 bits per heavy atom. The fourth-order valence-corrected chi connectivity index (χ4v) is 6.42. The highest BCUT2D eigenvalue weighted by atomic mass is 32.2. The van der Waals surface area contributed by atoms with Crippen LogP contribution in [-0.2, 0) is 26.5 Å². The zero-order chi connectivity index (χ0) is 31.4. The van der Waals surface area contributed by atoms with E-state index in [-0.39, 0.29) is 0 Å². The number of fused-ring (bicyclic) bond motifs is 1. The van der Waals surface area contributed by atoms with Gasteiger partial charge in [0, 0.05) is 62.8 Å². The molecule has 5 rings (SSSR count). The van der Waals surface area contributed by atoms with Crippen LogP contribution in [0, 0.1) is 17.2 Å². The number of nitrogens with one attached hydrogen (secondary N) is 2. The van der Waals surface area contributed by atoms with Crippen LogP contribution < -0.4 is 10.0 Å². The fraction of sp³-hybridized carbons (Fsp3) is 0.452. The van der Waals surface area contributed by atoms with Gasteiger partial charge in [-0.2, -0.15) is 5.26 Å². The second-order valence-corrected chi connectivity index (χ2v) is 13.0. The lowest BCUT2D eigenvalue weighted by Crippen LogP contribution is -2.56. The summed E-state index contributed by atoms with van der Waals surface area (Å²) in [5, 5.41) is 45.6. The van der Waals surface area contributed by atoms with E-state index in [1.807, 2.05) is 18.2 Å². The van der Waals surface area contributed by atoms with Gasteiger partial charge in [-0.3, -0.25) is 4.90 Å². The lowest BCUT2D eigenvalue weighted by atomic mass is 9.92. The number of aromatic nitrogens is 1. The summed E-state index contributed by atoms with van der Waals surface area (Å²) in [5.74, 6) is -0.744. The number of benzene rings is 2. The fourth-order valence-electron chi connectivity index (χ4n) is 5.49. The van der Waals surface area contributed by atoms with Crippen molar-refractivity contribution < 1.29 is 33.2 Å². The lowest BCUT2D eigenvalue weighted by molar-refractivity contribution is -0.257. The van der Waals surface area contributed by atoms with Gasteiger partial charge < -0.3 is 34.7 Å². The average Bonchev–Trinajstić information content (AvgIpc) is 3.39. The van der Waals surface area contributed by atoms with Crippen molar-refractivity contribution in [1.29, 1.82) is 5.26 Å². The van der Waals surface area contributed by atoms with Gasteiger partial charge in [0.2, 0.25) is 0 Å². The maximum Gasteiger partial charge on any atom is 0.250 e. The molecule has 0 bridgehead atoms. The minimum Gasteiger partial charge on any atom is -0.390 e. The predicted octanol–water partition coefficient (Wildman–Crippen LogP) is 1.45. The number of anilines is 1. The first-order valence-corrected chi connectivity index (χ1v) is 16.1. The Bertz CT molecular complexity index is 1640. The third-order valence-corrected chi connectivity index (χ3v) is 9.68. The Morgan fingerprint density at radius 3 is 2.55 bits per heavy atom. The molecule has 0 spiro atoms. The third kappa shape index (κ3) is 7.14. The topological polar surface area (TPSA) is 169 Å². The molecule has 5 atom stereocenters. The second kappa shape index (κ2) is 13.8. The molecule has 0 saturated carbocycles. The standard InChI is InChI=1S/C31H39N5O7S/c1-20-29(37)30(38)28(43-31(20)39)19-34-44(40,41)26(18-32)17-25-7-8-27(35(25)2)23-4-3-22-16-24(6-5-21(22)15-23)33-9-10-36-11-13-42-14-12-36/h3-8,15-17,20,28-31,33-34,37-39H,9-14,19H2,1-2H3/b26-17+/t20-,28-,29-,30-,31?/m1/s1. The van der Waals surface area contributed by atoms with Gasteiger partial charge >= 0.3 is 0 Å². The maximum atomic E-state index is 13.0. The van der Waals surface area contributed by atoms with Gasteiger partial charge in [0.15, 0.2) is 11.2 Å². The first-order chi connectivity index (χ1) is 21.1. The molecule has 236 valence electrons. The number of nitriles is 1. The van der Waals surface area contributed by atoms with Gasteiger partial charge in [-0.15, -0.1) is 0 Å². The Hall–Kier alpha value is -3.32. The van der Waals surface area contributed by atoms with E-state index < -0.39 is 52.0 Å². The van der Waals surface area contributed by atoms with E-state index in [9.17, 15) is 29.0 Å². The molecule has 1 unspecified atom stereocenters. The molecule has 12 nitrogen and oxygen atoms in total. The van der Waals surface area contributed by atoms with E-state index >= 15 is 0 Å². The Balaban J connectivity index is 1.26. The average molecular weight is 626 g/mol. The second-order valence-electron chi connectivity index (χ2n) is 11.2. The summed E-state index contributed by atoms with van der Waals surface area (Å²) in [6.45, 7) is 6.36. The number of aliphatic hydroxyl groups is 3. The molecule has 13 heteroatoms. The van der Waals surface area contributed by atoms with Crippen molar-refractivity contribution in [3.63, 3.8) is 0 Å². The van der Waals surface area contributed by atoms with E-state index in [1.165, 1.54) is 13.0 Å². The summed E-state index contributed by atoms with van der Waals surface area (Å²) in [6.07, 6.45) is -3.99. The number of hydrogen-bond donors (Lipinski definition) is 5. The van der Waals surface area contributed by atoms with Gasteiger partial charge in [-0.25, -0.2) is 13.1 Å². The number of sulfonamides is 1. The zero-order valence-electron chi connectivity index (χ0n) is 24.8. The first kappa shape index (κ1) is 32.1. The van der Waals surface area contributed by atoms with Crippen molar-refractivity contribution in [3.8, 4) is 17.3 Å². The van der Waals surface area contributed by atoms with E-state index in [4.69, 9.17) is 9.47 Å². The van der Waals surface area contributed by atoms with Crippen LogP contribution in [0.25, 0.3) is 28.1 Å². The number of hydrogen-bond acceptors (Lipinski definition) is 10. The summed E-state index contributed by atoms with van der Waals surface area (Å²) in [7, 11) is -2.50. The van der Waals surface area contributed by atoms with Crippen molar-refractivity contribution in [2.75, 3.05) is 51.3 Å². The molecule has 2 aliphatic heterocycles. The van der Waals surface area contributed by atoms with Crippen LogP contribution in [0.3, 0.4) is 0 Å². The number of morpholine rings is 1. The number of ether oxygens (including phenoxy) is 2. The molecule has 2 saturated heterocycles. The van der Waals surface area contributed by atoms with Crippen molar-refractivity contribution in [2.45, 2.75) is 31.5 Å². The third-order valence-electron chi connectivity index (χ3n) is 8.34. The van der Waals surface area contributed by atoms with Crippen molar-refractivity contribution in [3.05, 3.63) is 59.1 Å². The van der Waals surface area contributed by atoms with E-state index in [0.717, 1.165) is 67.1 Å². The Labute approximate surface area is 257 Å². The molecular formula is C31H39N5O7S. The number of aliphatic hydroxyl groups excluding tert-OH is 3. The maximum absolute atomic E-state index is 13.0. The summed E-state index contributed by atoms with van der Waals surface area (Å²) in [4.78, 5) is 1.85. The van der Waals surface area contributed by atoms with Gasteiger partial charge in [0.25, 0.3) is 10.0 Å². The minimum atomic E-state index is -4.29. The summed E-state index contributed by atoms with van der Waals surface area (Å²) in [5.41, 5.74) is 3.32. The molecule has 0 amide bonds.